The first-order chi connectivity index (χ1) is 28.6. The van der Waals surface area contributed by atoms with E-state index in [0.717, 1.165) is 62.0 Å². The topological polar surface area (TPSA) is 88.1 Å². The van der Waals surface area contributed by atoms with Gasteiger partial charge in [-0.3, -0.25) is 4.79 Å². The molecule has 0 heterocycles. The zero-order valence-corrected chi connectivity index (χ0v) is 36.6. The molecule has 2 atom stereocenters. The van der Waals surface area contributed by atoms with Crippen LogP contribution in [0.25, 0.3) is 0 Å². The van der Waals surface area contributed by atoms with Crippen molar-refractivity contribution in [1.29, 1.82) is 0 Å². The Morgan fingerprint density at radius 3 is 1.86 bits per heavy atom. The summed E-state index contributed by atoms with van der Waals surface area (Å²) in [6.07, 6.45) is 19.0. The van der Waals surface area contributed by atoms with Gasteiger partial charge in [0, 0.05) is 0 Å². The lowest BCUT2D eigenvalue weighted by Crippen LogP contribution is -2.18. The summed E-state index contributed by atoms with van der Waals surface area (Å²) in [6.45, 7) is 13.3. The number of carbonyl (C=O) groups excluding carboxylic acids is 3. The minimum absolute atomic E-state index is 0.131. The molecule has 4 aromatic rings. The van der Waals surface area contributed by atoms with Gasteiger partial charge in [-0.2, -0.15) is 0 Å². The highest BCUT2D eigenvalue weighted by Crippen LogP contribution is 2.29. The molecule has 0 aromatic heterocycles. The third-order valence-electron chi connectivity index (χ3n) is 11.0. The fraction of sp³-hybridized carbons (Fsp3) is 0.481. The maximum absolute atomic E-state index is 12.5. The van der Waals surface area contributed by atoms with Gasteiger partial charge in [-0.25, -0.2) is 9.59 Å². The molecule has 1 unspecified atom stereocenters. The van der Waals surface area contributed by atoms with Crippen molar-refractivity contribution in [3.8, 4) is 23.0 Å². The maximum Gasteiger partial charge on any atom is 0.343 e. The highest BCUT2D eigenvalue weighted by Gasteiger charge is 2.18. The number of rotatable bonds is 21. The maximum atomic E-state index is 12.5. The molecule has 0 fully saturated rings. The van der Waals surface area contributed by atoms with Crippen molar-refractivity contribution in [3.05, 3.63) is 118 Å². The second-order valence-electron chi connectivity index (χ2n) is 16.4. The molecule has 0 aliphatic heterocycles. The van der Waals surface area contributed by atoms with Crippen molar-refractivity contribution in [2.75, 3.05) is 6.61 Å². The van der Waals surface area contributed by atoms with Crippen LogP contribution >= 0.6 is 0 Å². The third-order valence-corrected chi connectivity index (χ3v) is 11.0. The van der Waals surface area contributed by atoms with E-state index >= 15 is 0 Å². The molecule has 1 aliphatic carbocycles. The van der Waals surface area contributed by atoms with Crippen molar-refractivity contribution in [3.63, 3.8) is 0 Å². The number of aryl methyl sites for hydroxylation is 3. The van der Waals surface area contributed by atoms with Crippen molar-refractivity contribution in [2.45, 2.75) is 144 Å². The Labute approximate surface area is 354 Å². The molecule has 7 heteroatoms. The molecule has 318 valence electrons. The average Bonchev–Trinajstić information content (AvgIpc) is 3.22. The number of ether oxygens (including phenoxy) is 4. The van der Waals surface area contributed by atoms with E-state index in [2.05, 4.69) is 26.8 Å². The first-order valence-corrected chi connectivity index (χ1v) is 22.2. The molecular formula is C52H68O7. The first-order valence-electron chi connectivity index (χ1n) is 22.2. The number of carbonyl (C=O) groups is 3. The highest BCUT2D eigenvalue weighted by atomic mass is 16.5. The van der Waals surface area contributed by atoms with Gasteiger partial charge < -0.3 is 18.9 Å². The summed E-state index contributed by atoms with van der Waals surface area (Å²) in [5, 5.41) is 0. The smallest absolute Gasteiger partial charge is 0.343 e. The molecule has 0 bridgehead atoms. The van der Waals surface area contributed by atoms with Gasteiger partial charge in [-0.05, 0) is 135 Å². The summed E-state index contributed by atoms with van der Waals surface area (Å²) in [7, 11) is 0. The zero-order valence-electron chi connectivity index (χ0n) is 36.6. The van der Waals surface area contributed by atoms with Crippen molar-refractivity contribution < 1.29 is 33.3 Å². The van der Waals surface area contributed by atoms with E-state index in [9.17, 15) is 14.4 Å². The Morgan fingerprint density at radius 1 is 0.610 bits per heavy atom. The normalized spacial score (nSPS) is 13.6. The zero-order chi connectivity index (χ0) is 42.4. The van der Waals surface area contributed by atoms with Crippen LogP contribution in [0.3, 0.4) is 0 Å². The molecule has 0 spiro atoms. The van der Waals surface area contributed by atoms with Gasteiger partial charge in [-0.15, -0.1) is 0 Å². The molecule has 7 nitrogen and oxygen atoms in total. The first kappa shape index (κ1) is 46.8. The Kier molecular flexibility index (Phi) is 20.3. The third kappa shape index (κ3) is 16.7. The van der Waals surface area contributed by atoms with Crippen molar-refractivity contribution >= 4 is 17.9 Å². The SMILES string of the molecule is CCCCCCCCCCOc1ccc(OC(=O)c2ccc(C)cc2C)cc1.CCCCCC[C@H](C)C(=O)Oc1ccc(C(=O)Oc2ccc3c(c2)CCC(C)C3)cc1. The summed E-state index contributed by atoms with van der Waals surface area (Å²) in [5.74, 6) is 1.98. The van der Waals surface area contributed by atoms with Crippen LogP contribution in [0.15, 0.2) is 84.9 Å². The summed E-state index contributed by atoms with van der Waals surface area (Å²) in [6, 6.07) is 25.5. The predicted molar refractivity (Wildman–Crippen MR) is 238 cm³/mol. The monoisotopic (exact) mass is 804 g/mol. The Bertz CT molecular complexity index is 1880. The van der Waals surface area contributed by atoms with Crippen LogP contribution < -0.4 is 18.9 Å². The van der Waals surface area contributed by atoms with Crippen molar-refractivity contribution in [2.24, 2.45) is 11.8 Å². The quantitative estimate of drug-likeness (QED) is 0.0471. The number of hydrogen-bond donors (Lipinski definition) is 0. The lowest BCUT2D eigenvalue weighted by Gasteiger charge is -2.21. The standard InChI is InChI=1S/C27H34O4.C25H34O3/c1-4-5-6-7-8-20(3)26(28)30-24-14-11-21(12-15-24)27(29)31-25-16-13-22-17-19(2)9-10-23(22)18-25;1-4-5-6-7-8-9-10-11-18-27-22-13-15-23(16-14-22)28-25(26)24-17-12-20(2)19-21(24)3/h11-16,18-20H,4-10,17H2,1-3H3;12-17,19H,4-11,18H2,1-3H3/t19?,20-;/m0./s1. The molecule has 5 rings (SSSR count). The molecule has 0 N–H and O–H groups in total. The number of unbranched alkanes of at least 4 members (excludes halogenated alkanes) is 10. The Morgan fingerprint density at radius 2 is 1.19 bits per heavy atom. The lowest BCUT2D eigenvalue weighted by molar-refractivity contribution is -0.138. The van der Waals surface area contributed by atoms with E-state index in [4.69, 9.17) is 18.9 Å². The summed E-state index contributed by atoms with van der Waals surface area (Å²) in [5.41, 5.74) is 5.71. The van der Waals surface area contributed by atoms with Crippen LogP contribution in [0.1, 0.15) is 161 Å². The van der Waals surface area contributed by atoms with Gasteiger partial charge in [0.25, 0.3) is 0 Å². The molecule has 0 radical (unpaired) electrons. The minimum Gasteiger partial charge on any atom is -0.494 e. The van der Waals surface area contributed by atoms with Crippen LogP contribution in [0, 0.1) is 25.7 Å². The average molecular weight is 805 g/mol. The van der Waals surface area contributed by atoms with Gasteiger partial charge in [0.05, 0.1) is 23.7 Å². The molecule has 0 amide bonds. The van der Waals surface area contributed by atoms with Gasteiger partial charge >= 0.3 is 17.9 Å². The van der Waals surface area contributed by atoms with Gasteiger partial charge in [-0.1, -0.05) is 122 Å². The molecule has 0 saturated carbocycles. The van der Waals surface area contributed by atoms with E-state index in [1.807, 2.05) is 63.2 Å². The number of hydrogen-bond acceptors (Lipinski definition) is 7. The van der Waals surface area contributed by atoms with Gasteiger partial charge in [0.15, 0.2) is 0 Å². The molecule has 4 aromatic carbocycles. The minimum atomic E-state index is -0.411. The Balaban J connectivity index is 0.000000262. The number of fused-ring (bicyclic) bond motifs is 1. The number of benzene rings is 4. The highest BCUT2D eigenvalue weighted by molar-refractivity contribution is 5.93. The van der Waals surface area contributed by atoms with Crippen LogP contribution in [-0.2, 0) is 17.6 Å². The molecule has 1 aliphatic rings. The van der Waals surface area contributed by atoms with Gasteiger partial charge in [0.1, 0.15) is 23.0 Å². The molecular weight excluding hydrogens is 737 g/mol. The second-order valence-corrected chi connectivity index (χ2v) is 16.4. The van der Waals surface area contributed by atoms with Crippen LogP contribution in [0.4, 0.5) is 0 Å². The molecule has 59 heavy (non-hydrogen) atoms. The van der Waals surface area contributed by atoms with E-state index in [1.54, 1.807) is 36.4 Å². The van der Waals surface area contributed by atoms with E-state index in [-0.39, 0.29) is 17.9 Å². The van der Waals surface area contributed by atoms with Gasteiger partial charge in [0.2, 0.25) is 0 Å². The largest absolute Gasteiger partial charge is 0.494 e. The summed E-state index contributed by atoms with van der Waals surface area (Å²) < 4.78 is 22.3. The fourth-order valence-electron chi connectivity index (χ4n) is 7.25. The van der Waals surface area contributed by atoms with E-state index in [1.165, 1.54) is 75.3 Å². The van der Waals surface area contributed by atoms with E-state index in [0.29, 0.717) is 34.3 Å². The summed E-state index contributed by atoms with van der Waals surface area (Å²) in [4.78, 5) is 37.1. The lowest BCUT2D eigenvalue weighted by atomic mass is 9.85. The second kappa shape index (κ2) is 25.5. The Hall–Kier alpha value is -4.91. The molecule has 0 saturated heterocycles. The van der Waals surface area contributed by atoms with Crippen LogP contribution in [-0.4, -0.2) is 24.5 Å². The number of esters is 3. The van der Waals surface area contributed by atoms with Crippen LogP contribution in [0.5, 0.6) is 23.0 Å². The van der Waals surface area contributed by atoms with Crippen LogP contribution in [0.2, 0.25) is 0 Å². The fourth-order valence-corrected chi connectivity index (χ4v) is 7.25. The summed E-state index contributed by atoms with van der Waals surface area (Å²) >= 11 is 0. The predicted octanol–water partition coefficient (Wildman–Crippen LogP) is 13.6. The van der Waals surface area contributed by atoms with E-state index < -0.39 is 5.97 Å². The van der Waals surface area contributed by atoms with Crippen molar-refractivity contribution in [1.82, 2.24) is 0 Å².